The molecule has 1 heteroatoms. The minimum Gasteiger partial charge on any atom is -0.393 e. The second-order valence-corrected chi connectivity index (χ2v) is 11.5. The first-order valence-corrected chi connectivity index (χ1v) is 11.9. The SMILES string of the molecule is C/C(=C/[C@H](C)C(C)C)[C@H]1CC[C@@H]2C3=CC=C4C[C@@H](O)CC[C@@]4(C)[C@@H]3CC[C@@]21C. The highest BCUT2D eigenvalue weighted by atomic mass is 16.3. The third-order valence-corrected chi connectivity index (χ3v) is 9.67. The van der Waals surface area contributed by atoms with Crippen LogP contribution in [0.1, 0.15) is 86.5 Å². The molecule has 0 aromatic heterocycles. The van der Waals surface area contributed by atoms with Crippen LogP contribution in [0.4, 0.5) is 0 Å². The van der Waals surface area contributed by atoms with Crippen LogP contribution in [0.25, 0.3) is 0 Å². The Bertz CT molecular complexity index is 710. The van der Waals surface area contributed by atoms with Gasteiger partial charge in [0.2, 0.25) is 0 Å². The van der Waals surface area contributed by atoms with Gasteiger partial charge < -0.3 is 5.11 Å². The van der Waals surface area contributed by atoms with E-state index in [-0.39, 0.29) is 6.10 Å². The van der Waals surface area contributed by atoms with Crippen molar-refractivity contribution < 1.29 is 5.11 Å². The average Bonchev–Trinajstić information content (AvgIpc) is 2.99. The Balaban J connectivity index is 1.63. The molecular formula is C27H42O. The molecule has 0 aromatic carbocycles. The van der Waals surface area contributed by atoms with Crippen molar-refractivity contribution in [3.63, 3.8) is 0 Å². The van der Waals surface area contributed by atoms with Gasteiger partial charge in [0.15, 0.2) is 0 Å². The van der Waals surface area contributed by atoms with Gasteiger partial charge in [-0.2, -0.15) is 0 Å². The number of aliphatic hydroxyl groups is 1. The Morgan fingerprint density at radius 2 is 1.79 bits per heavy atom. The van der Waals surface area contributed by atoms with Gasteiger partial charge in [-0.15, -0.1) is 0 Å². The van der Waals surface area contributed by atoms with E-state index in [0.29, 0.717) is 16.7 Å². The summed E-state index contributed by atoms with van der Waals surface area (Å²) in [5.41, 5.74) is 5.70. The third-order valence-electron chi connectivity index (χ3n) is 9.67. The van der Waals surface area contributed by atoms with E-state index in [1.165, 1.54) is 37.7 Å². The molecule has 3 fully saturated rings. The summed E-state index contributed by atoms with van der Waals surface area (Å²) in [6.45, 7) is 14.6. The van der Waals surface area contributed by atoms with Gasteiger partial charge >= 0.3 is 0 Å². The van der Waals surface area contributed by atoms with Gasteiger partial charge in [0.1, 0.15) is 0 Å². The van der Waals surface area contributed by atoms with Crippen LogP contribution >= 0.6 is 0 Å². The van der Waals surface area contributed by atoms with Gasteiger partial charge in [-0.05, 0) is 92.3 Å². The predicted molar refractivity (Wildman–Crippen MR) is 119 cm³/mol. The second-order valence-electron chi connectivity index (χ2n) is 11.5. The molecule has 1 nitrogen and oxygen atoms in total. The molecule has 0 saturated heterocycles. The minimum absolute atomic E-state index is 0.116. The molecule has 0 aliphatic heterocycles. The van der Waals surface area contributed by atoms with Crippen molar-refractivity contribution in [2.75, 3.05) is 0 Å². The summed E-state index contributed by atoms with van der Waals surface area (Å²) in [5, 5.41) is 10.2. The fraction of sp³-hybridized carbons (Fsp3) is 0.778. The van der Waals surface area contributed by atoms with Gasteiger partial charge in [-0.3, -0.25) is 0 Å². The first-order chi connectivity index (χ1) is 13.2. The lowest BCUT2D eigenvalue weighted by atomic mass is 9.50. The number of hydrogen-bond donors (Lipinski definition) is 1. The second kappa shape index (κ2) is 7.15. The predicted octanol–water partition coefficient (Wildman–Crippen LogP) is 7.08. The van der Waals surface area contributed by atoms with Crippen molar-refractivity contribution in [3.05, 3.63) is 34.9 Å². The fourth-order valence-corrected chi connectivity index (χ4v) is 7.46. The molecule has 28 heavy (non-hydrogen) atoms. The van der Waals surface area contributed by atoms with Gasteiger partial charge in [-0.25, -0.2) is 0 Å². The van der Waals surface area contributed by atoms with Crippen molar-refractivity contribution >= 4 is 0 Å². The van der Waals surface area contributed by atoms with E-state index in [1.54, 1.807) is 11.1 Å². The molecule has 0 radical (unpaired) electrons. The summed E-state index contributed by atoms with van der Waals surface area (Å²) in [4.78, 5) is 0. The molecule has 0 amide bonds. The highest BCUT2D eigenvalue weighted by molar-refractivity contribution is 5.39. The van der Waals surface area contributed by atoms with Crippen molar-refractivity contribution in [1.29, 1.82) is 0 Å². The molecule has 0 unspecified atom stereocenters. The molecule has 7 atom stereocenters. The first-order valence-electron chi connectivity index (χ1n) is 11.9. The highest BCUT2D eigenvalue weighted by Crippen LogP contribution is 2.65. The number of fused-ring (bicyclic) bond motifs is 5. The molecular weight excluding hydrogens is 340 g/mol. The maximum atomic E-state index is 10.2. The van der Waals surface area contributed by atoms with E-state index in [9.17, 15) is 5.11 Å². The van der Waals surface area contributed by atoms with Crippen LogP contribution < -0.4 is 0 Å². The van der Waals surface area contributed by atoms with Crippen LogP contribution in [0.15, 0.2) is 34.9 Å². The average molecular weight is 383 g/mol. The molecule has 1 N–H and O–H groups in total. The van der Waals surface area contributed by atoms with Crippen molar-refractivity contribution in [2.45, 2.75) is 92.6 Å². The first kappa shape index (κ1) is 20.5. The molecule has 4 rings (SSSR count). The largest absolute Gasteiger partial charge is 0.393 e. The molecule has 0 heterocycles. The maximum absolute atomic E-state index is 10.2. The number of hydrogen-bond acceptors (Lipinski definition) is 1. The van der Waals surface area contributed by atoms with E-state index < -0.39 is 0 Å². The lowest BCUT2D eigenvalue weighted by molar-refractivity contribution is 0.0497. The molecule has 156 valence electrons. The normalized spacial score (nSPS) is 44.4. The molecule has 0 aromatic rings. The quantitative estimate of drug-likeness (QED) is 0.517. The van der Waals surface area contributed by atoms with Crippen LogP contribution in [0.5, 0.6) is 0 Å². The monoisotopic (exact) mass is 382 g/mol. The summed E-state index contributed by atoms with van der Waals surface area (Å²) in [5.74, 6) is 3.63. The van der Waals surface area contributed by atoms with Gasteiger partial charge in [0.05, 0.1) is 6.10 Å². The Morgan fingerprint density at radius 1 is 1.04 bits per heavy atom. The fourth-order valence-electron chi connectivity index (χ4n) is 7.46. The van der Waals surface area contributed by atoms with E-state index in [2.05, 4.69) is 59.8 Å². The Morgan fingerprint density at radius 3 is 2.50 bits per heavy atom. The Hall–Kier alpha value is -0.820. The smallest absolute Gasteiger partial charge is 0.0578 e. The standard InChI is InChI=1S/C27H42O/c1-17(2)18(3)15-19(4)23-9-10-24-22-8-7-20-16-21(28)11-13-26(20,5)25(22)12-14-27(23,24)6/h7-8,15,17-18,21,23-25,28H,9-14,16H2,1-6H3/b19-15-/t18-,21-,23+,24+,25+,26+,27+/m0/s1. The zero-order valence-electron chi connectivity index (χ0n) is 19.1. The van der Waals surface area contributed by atoms with Crippen molar-refractivity contribution in [2.24, 2.45) is 40.4 Å². The summed E-state index contributed by atoms with van der Waals surface area (Å²) in [6.07, 6.45) is 15.9. The molecule has 4 aliphatic carbocycles. The summed E-state index contributed by atoms with van der Waals surface area (Å²) in [6, 6.07) is 0. The summed E-state index contributed by atoms with van der Waals surface area (Å²) < 4.78 is 0. The maximum Gasteiger partial charge on any atom is 0.0578 e. The van der Waals surface area contributed by atoms with Gasteiger partial charge in [-0.1, -0.05) is 69.6 Å². The Labute approximate surface area is 173 Å². The number of aliphatic hydroxyl groups excluding tert-OH is 1. The van der Waals surface area contributed by atoms with Gasteiger partial charge in [0.25, 0.3) is 0 Å². The van der Waals surface area contributed by atoms with E-state index in [1.807, 2.05) is 0 Å². The van der Waals surface area contributed by atoms with Crippen LogP contribution in [0.3, 0.4) is 0 Å². The van der Waals surface area contributed by atoms with Crippen LogP contribution in [-0.2, 0) is 0 Å². The van der Waals surface area contributed by atoms with Crippen LogP contribution in [0.2, 0.25) is 0 Å². The lowest BCUT2D eigenvalue weighted by Crippen LogP contribution is -2.46. The van der Waals surface area contributed by atoms with E-state index in [4.69, 9.17) is 0 Å². The number of allylic oxidation sites excluding steroid dienone is 5. The van der Waals surface area contributed by atoms with E-state index >= 15 is 0 Å². The zero-order valence-corrected chi connectivity index (χ0v) is 19.1. The van der Waals surface area contributed by atoms with Gasteiger partial charge in [0, 0.05) is 0 Å². The highest BCUT2D eigenvalue weighted by Gasteiger charge is 2.56. The zero-order chi connectivity index (χ0) is 20.3. The minimum atomic E-state index is -0.116. The molecule has 0 bridgehead atoms. The van der Waals surface area contributed by atoms with Crippen molar-refractivity contribution in [1.82, 2.24) is 0 Å². The summed E-state index contributed by atoms with van der Waals surface area (Å²) >= 11 is 0. The molecule has 0 spiro atoms. The molecule has 4 aliphatic rings. The third kappa shape index (κ3) is 3.08. The summed E-state index contributed by atoms with van der Waals surface area (Å²) in [7, 11) is 0. The van der Waals surface area contributed by atoms with Crippen molar-refractivity contribution in [3.8, 4) is 0 Å². The lowest BCUT2D eigenvalue weighted by Gasteiger charge is -2.54. The van der Waals surface area contributed by atoms with Crippen LogP contribution in [0, 0.1) is 40.4 Å². The molecule has 3 saturated carbocycles. The Kier molecular flexibility index (Phi) is 5.22. The number of rotatable bonds is 3. The topological polar surface area (TPSA) is 20.2 Å². The van der Waals surface area contributed by atoms with E-state index in [0.717, 1.165) is 36.5 Å². The van der Waals surface area contributed by atoms with Crippen LogP contribution in [-0.4, -0.2) is 11.2 Å².